The number of carboxylic acid groups (broad SMARTS) is 1. The minimum Gasteiger partial charge on any atom is -0.481 e. The topological polar surface area (TPSA) is 82.2 Å². The van der Waals surface area contributed by atoms with Crippen LogP contribution < -0.4 is 5.32 Å². The van der Waals surface area contributed by atoms with Crippen LogP contribution in [0.2, 0.25) is 0 Å². The summed E-state index contributed by atoms with van der Waals surface area (Å²) in [4.78, 5) is 27.5. The summed E-state index contributed by atoms with van der Waals surface area (Å²) < 4.78 is 0. The zero-order valence-electron chi connectivity index (χ0n) is 14.3. The minimum atomic E-state index is -0.959. The molecule has 1 aliphatic carbocycles. The third-order valence-electron chi connectivity index (χ3n) is 5.28. The van der Waals surface area contributed by atoms with Gasteiger partial charge in [-0.2, -0.15) is 0 Å². The van der Waals surface area contributed by atoms with Crippen molar-refractivity contribution in [3.8, 4) is 0 Å². The van der Waals surface area contributed by atoms with E-state index in [0.29, 0.717) is 12.8 Å². The number of nitrogens with one attached hydrogen (secondary N) is 2. The van der Waals surface area contributed by atoms with Gasteiger partial charge in [0.1, 0.15) is 0 Å². The first-order chi connectivity index (χ1) is 12.6. The first-order valence-corrected chi connectivity index (χ1v) is 8.69. The fraction of sp³-hybridized carbons (Fsp3) is 0.238. The van der Waals surface area contributed by atoms with E-state index in [2.05, 4.69) is 10.3 Å². The van der Waals surface area contributed by atoms with Crippen LogP contribution in [-0.2, 0) is 28.9 Å². The molecule has 0 radical (unpaired) electrons. The number of H-pyrrole nitrogens is 1. The highest BCUT2D eigenvalue weighted by Gasteiger charge is 2.44. The number of carbonyl (C=O) groups is 2. The van der Waals surface area contributed by atoms with E-state index in [-0.39, 0.29) is 18.9 Å². The molecule has 132 valence electrons. The molecule has 1 amide bonds. The molecule has 1 heterocycles. The van der Waals surface area contributed by atoms with E-state index in [4.69, 9.17) is 0 Å². The number of hydrogen-bond donors (Lipinski definition) is 3. The van der Waals surface area contributed by atoms with E-state index in [0.717, 1.165) is 27.6 Å². The van der Waals surface area contributed by atoms with Crippen LogP contribution in [0, 0.1) is 5.41 Å². The molecule has 1 aromatic heterocycles. The molecule has 0 saturated carbocycles. The summed E-state index contributed by atoms with van der Waals surface area (Å²) in [6, 6.07) is 15.6. The van der Waals surface area contributed by atoms with Crippen molar-refractivity contribution in [1.29, 1.82) is 0 Å². The number of carbonyl (C=O) groups excluding carboxylic acids is 1. The summed E-state index contributed by atoms with van der Waals surface area (Å²) in [6.07, 6.45) is 2.97. The summed E-state index contributed by atoms with van der Waals surface area (Å²) in [5.41, 5.74) is 3.06. The summed E-state index contributed by atoms with van der Waals surface area (Å²) in [5.74, 6) is -1.02. The standard InChI is InChI=1S/C21H20N2O3/c24-19(9-16-12-22-18-8-4-3-7-17(16)18)23-13-21(20(25)26)10-14-5-1-2-6-15(14)11-21/h1-8,12,22H,9-11,13H2,(H,23,24)(H,25,26). The second-order valence-electron chi connectivity index (χ2n) is 7.02. The van der Waals surface area contributed by atoms with Crippen molar-refractivity contribution in [2.75, 3.05) is 6.54 Å². The Labute approximate surface area is 151 Å². The molecule has 0 unspecified atom stereocenters. The molecular formula is C21H20N2O3. The molecule has 3 aromatic rings. The lowest BCUT2D eigenvalue weighted by Crippen LogP contribution is -2.44. The van der Waals surface area contributed by atoms with Gasteiger partial charge in [-0.05, 0) is 35.6 Å². The lowest BCUT2D eigenvalue weighted by molar-refractivity contribution is -0.148. The van der Waals surface area contributed by atoms with E-state index in [1.54, 1.807) is 0 Å². The van der Waals surface area contributed by atoms with Crippen LogP contribution in [0.15, 0.2) is 54.7 Å². The molecule has 0 saturated heterocycles. The van der Waals surface area contributed by atoms with Gasteiger partial charge in [0.05, 0.1) is 11.8 Å². The summed E-state index contributed by atoms with van der Waals surface area (Å²) in [6.45, 7) is 0.137. The van der Waals surface area contributed by atoms with E-state index in [1.807, 2.05) is 54.7 Å². The third-order valence-corrected chi connectivity index (χ3v) is 5.28. The van der Waals surface area contributed by atoms with Crippen LogP contribution >= 0.6 is 0 Å². The largest absolute Gasteiger partial charge is 0.481 e. The number of benzene rings is 2. The number of aromatic nitrogens is 1. The Morgan fingerprint density at radius 3 is 2.38 bits per heavy atom. The van der Waals surface area contributed by atoms with Crippen molar-refractivity contribution in [1.82, 2.24) is 10.3 Å². The number of hydrogen-bond acceptors (Lipinski definition) is 2. The Bertz CT molecular complexity index is 965. The first-order valence-electron chi connectivity index (χ1n) is 8.69. The monoisotopic (exact) mass is 348 g/mol. The lowest BCUT2D eigenvalue weighted by atomic mass is 9.84. The molecule has 4 rings (SSSR count). The fourth-order valence-corrected chi connectivity index (χ4v) is 3.83. The van der Waals surface area contributed by atoms with Crippen molar-refractivity contribution in [2.45, 2.75) is 19.3 Å². The quantitative estimate of drug-likeness (QED) is 0.663. The van der Waals surface area contributed by atoms with Crippen molar-refractivity contribution in [3.05, 3.63) is 71.4 Å². The number of rotatable bonds is 5. The number of amides is 1. The number of para-hydroxylation sites is 1. The minimum absolute atomic E-state index is 0.137. The molecule has 26 heavy (non-hydrogen) atoms. The lowest BCUT2D eigenvalue weighted by Gasteiger charge is -2.24. The molecule has 1 aliphatic rings. The van der Waals surface area contributed by atoms with Gasteiger partial charge in [0.2, 0.25) is 5.91 Å². The molecule has 3 N–H and O–H groups in total. The van der Waals surface area contributed by atoms with Crippen LogP contribution in [0.1, 0.15) is 16.7 Å². The van der Waals surface area contributed by atoms with Gasteiger partial charge in [0.15, 0.2) is 0 Å². The maximum Gasteiger partial charge on any atom is 0.312 e. The first kappa shape index (κ1) is 16.4. The van der Waals surface area contributed by atoms with Crippen molar-refractivity contribution >= 4 is 22.8 Å². The molecule has 2 aromatic carbocycles. The van der Waals surface area contributed by atoms with E-state index in [9.17, 15) is 14.7 Å². The van der Waals surface area contributed by atoms with Crippen LogP contribution in [0.3, 0.4) is 0 Å². The molecule has 0 bridgehead atoms. The van der Waals surface area contributed by atoms with Gasteiger partial charge in [-0.1, -0.05) is 42.5 Å². The Hall–Kier alpha value is -3.08. The van der Waals surface area contributed by atoms with E-state index in [1.165, 1.54) is 0 Å². The highest BCUT2D eigenvalue weighted by Crippen LogP contribution is 2.36. The molecule has 0 spiro atoms. The van der Waals surface area contributed by atoms with Gasteiger partial charge >= 0.3 is 5.97 Å². The van der Waals surface area contributed by atoms with Gasteiger partial charge in [-0.15, -0.1) is 0 Å². The van der Waals surface area contributed by atoms with Crippen LogP contribution in [0.25, 0.3) is 10.9 Å². The van der Waals surface area contributed by atoms with Gasteiger partial charge in [0.25, 0.3) is 0 Å². The molecule has 0 atom stereocenters. The maximum absolute atomic E-state index is 12.4. The van der Waals surface area contributed by atoms with Crippen LogP contribution in [0.4, 0.5) is 0 Å². The normalized spacial score (nSPS) is 14.9. The van der Waals surface area contributed by atoms with Gasteiger partial charge in [-0.25, -0.2) is 0 Å². The average Bonchev–Trinajstić information content (AvgIpc) is 3.22. The molecule has 0 fully saturated rings. The Morgan fingerprint density at radius 1 is 1.04 bits per heavy atom. The fourth-order valence-electron chi connectivity index (χ4n) is 3.83. The van der Waals surface area contributed by atoms with Crippen LogP contribution in [0.5, 0.6) is 0 Å². The number of fused-ring (bicyclic) bond motifs is 2. The van der Waals surface area contributed by atoms with E-state index < -0.39 is 11.4 Å². The zero-order valence-corrected chi connectivity index (χ0v) is 14.3. The maximum atomic E-state index is 12.4. The van der Waals surface area contributed by atoms with Crippen molar-refractivity contribution in [3.63, 3.8) is 0 Å². The summed E-state index contributed by atoms with van der Waals surface area (Å²) in [7, 11) is 0. The molecule has 0 aliphatic heterocycles. The second kappa shape index (κ2) is 6.33. The smallest absolute Gasteiger partial charge is 0.312 e. The highest BCUT2D eigenvalue weighted by atomic mass is 16.4. The highest BCUT2D eigenvalue weighted by molar-refractivity contribution is 5.89. The Kier molecular flexibility index (Phi) is 3.99. The molecular weight excluding hydrogens is 328 g/mol. The summed E-state index contributed by atoms with van der Waals surface area (Å²) in [5, 5.41) is 13.7. The van der Waals surface area contributed by atoms with Crippen molar-refractivity contribution < 1.29 is 14.7 Å². The number of aromatic amines is 1. The number of carboxylic acids is 1. The van der Waals surface area contributed by atoms with Gasteiger partial charge in [-0.3, -0.25) is 9.59 Å². The average molecular weight is 348 g/mol. The van der Waals surface area contributed by atoms with E-state index >= 15 is 0 Å². The predicted octanol–water partition coefficient (Wildman–Crippen LogP) is 2.70. The number of aliphatic carboxylic acids is 1. The van der Waals surface area contributed by atoms with Crippen molar-refractivity contribution in [2.24, 2.45) is 5.41 Å². The second-order valence-corrected chi connectivity index (χ2v) is 7.02. The SMILES string of the molecule is O=C(Cc1c[nH]c2ccccc12)NCC1(C(=O)O)Cc2ccccc2C1. The zero-order chi connectivity index (χ0) is 18.1. The Morgan fingerprint density at radius 2 is 1.69 bits per heavy atom. The third kappa shape index (κ3) is 2.86. The van der Waals surface area contributed by atoms with Gasteiger partial charge < -0.3 is 15.4 Å². The van der Waals surface area contributed by atoms with Gasteiger partial charge in [0, 0.05) is 23.6 Å². The van der Waals surface area contributed by atoms with Crippen LogP contribution in [-0.4, -0.2) is 28.5 Å². The Balaban J connectivity index is 1.45. The summed E-state index contributed by atoms with van der Waals surface area (Å²) >= 11 is 0. The molecule has 5 nitrogen and oxygen atoms in total. The molecule has 5 heteroatoms. The predicted molar refractivity (Wildman–Crippen MR) is 98.9 cm³/mol.